The van der Waals surface area contributed by atoms with E-state index in [1.54, 1.807) is 24.3 Å². The van der Waals surface area contributed by atoms with E-state index in [4.69, 9.17) is 4.74 Å². The summed E-state index contributed by atoms with van der Waals surface area (Å²) in [6, 6.07) is 6.26. The lowest BCUT2D eigenvalue weighted by molar-refractivity contribution is -0.139. The topological polar surface area (TPSA) is 107 Å². The van der Waals surface area contributed by atoms with Crippen molar-refractivity contribution in [3.05, 3.63) is 29.8 Å². The highest BCUT2D eigenvalue weighted by atomic mass is 32.2. The molecule has 1 heterocycles. The predicted molar refractivity (Wildman–Crippen MR) is 95.6 cm³/mol. The number of rotatable bonds is 7. The Hall–Kier alpha value is -1.87. The Morgan fingerprint density at radius 3 is 2.48 bits per heavy atom. The van der Waals surface area contributed by atoms with Crippen LogP contribution in [0.25, 0.3) is 0 Å². The molecule has 0 aliphatic carbocycles. The molecule has 25 heavy (non-hydrogen) atoms. The number of hydrogen-bond donors (Lipinski definition) is 1. The lowest BCUT2D eigenvalue weighted by Crippen LogP contribution is -2.17. The van der Waals surface area contributed by atoms with Crippen molar-refractivity contribution in [1.82, 2.24) is 0 Å². The number of ether oxygens (including phenoxy) is 1. The molecule has 0 bridgehead atoms. The van der Waals surface area contributed by atoms with E-state index in [1.165, 1.54) is 18.7 Å². The monoisotopic (exact) mass is 385 g/mol. The summed E-state index contributed by atoms with van der Waals surface area (Å²) in [7, 11) is -2.97. The summed E-state index contributed by atoms with van der Waals surface area (Å²) in [5, 5.41) is 2.50. The van der Waals surface area contributed by atoms with Gasteiger partial charge in [0.1, 0.15) is 0 Å². The van der Waals surface area contributed by atoms with E-state index in [0.29, 0.717) is 17.7 Å². The highest BCUT2D eigenvalue weighted by Crippen LogP contribution is 2.24. The molecular weight excluding hydrogens is 366 g/mol. The van der Waals surface area contributed by atoms with Gasteiger partial charge in [-0.2, -0.15) is 0 Å². The number of amides is 1. The van der Waals surface area contributed by atoms with Crippen LogP contribution < -0.4 is 5.32 Å². The molecule has 9 heteroatoms. The zero-order chi connectivity index (χ0) is 18.4. The molecule has 0 spiro atoms. The van der Waals surface area contributed by atoms with Crippen molar-refractivity contribution in [3.63, 3.8) is 0 Å². The van der Waals surface area contributed by atoms with Gasteiger partial charge in [0.25, 0.3) is 0 Å². The van der Waals surface area contributed by atoms with E-state index in [-0.39, 0.29) is 40.8 Å². The molecule has 1 aliphatic rings. The summed E-state index contributed by atoms with van der Waals surface area (Å²) >= 11 is 1.24. The second-order valence-corrected chi connectivity index (χ2v) is 9.20. The highest BCUT2D eigenvalue weighted by Gasteiger charge is 2.28. The van der Waals surface area contributed by atoms with Crippen LogP contribution in [-0.2, 0) is 24.2 Å². The maximum Gasteiger partial charge on any atom is 0.316 e. The summed E-state index contributed by atoms with van der Waals surface area (Å²) in [4.78, 5) is 34.6. The quantitative estimate of drug-likeness (QED) is 0.557. The summed E-state index contributed by atoms with van der Waals surface area (Å²) in [6.45, 7) is 1.01. The van der Waals surface area contributed by atoms with Crippen LogP contribution >= 0.6 is 11.8 Å². The van der Waals surface area contributed by atoms with Crippen LogP contribution in [-0.4, -0.2) is 55.2 Å². The molecular formula is C16H19NO6S2. The third kappa shape index (κ3) is 6.50. The Balaban J connectivity index is 1.73. The molecule has 1 aliphatic heterocycles. The number of anilines is 1. The average molecular weight is 385 g/mol. The normalized spacial score (nSPS) is 18.5. The number of benzene rings is 1. The smallest absolute Gasteiger partial charge is 0.316 e. The fourth-order valence-electron chi connectivity index (χ4n) is 2.29. The third-order valence-electron chi connectivity index (χ3n) is 3.52. The van der Waals surface area contributed by atoms with Crippen LogP contribution in [0.15, 0.2) is 24.3 Å². The van der Waals surface area contributed by atoms with Crippen LogP contribution in [0.4, 0.5) is 5.69 Å². The fourth-order valence-corrected chi connectivity index (χ4v) is 5.73. The standard InChI is InChI=1S/C16H19NO6S2/c1-11(18)17-13-4-2-12(3-5-13)15(19)8-23-16(20)9-24-14-6-7-25(21,22)10-14/h2-5,14H,6-10H2,1H3,(H,17,18)/t14-/m1/s1. The van der Waals surface area contributed by atoms with Crippen molar-refractivity contribution >= 4 is 44.9 Å². The van der Waals surface area contributed by atoms with Crippen LogP contribution in [0.3, 0.4) is 0 Å². The minimum Gasteiger partial charge on any atom is -0.457 e. The van der Waals surface area contributed by atoms with Crippen molar-refractivity contribution in [2.75, 3.05) is 29.2 Å². The Kier molecular flexibility index (Phi) is 6.60. The predicted octanol–water partition coefficient (Wildman–Crippen LogP) is 1.29. The van der Waals surface area contributed by atoms with Gasteiger partial charge in [0, 0.05) is 23.4 Å². The average Bonchev–Trinajstić information content (AvgIpc) is 2.90. The summed E-state index contributed by atoms with van der Waals surface area (Å²) in [5.74, 6) is -0.833. The number of carbonyl (C=O) groups excluding carboxylic acids is 3. The van der Waals surface area contributed by atoms with Crippen molar-refractivity contribution in [1.29, 1.82) is 0 Å². The minimum atomic E-state index is -2.97. The lowest BCUT2D eigenvalue weighted by atomic mass is 10.1. The largest absolute Gasteiger partial charge is 0.457 e. The molecule has 0 saturated carbocycles. The van der Waals surface area contributed by atoms with Crippen LogP contribution in [0.2, 0.25) is 0 Å². The van der Waals surface area contributed by atoms with Crippen molar-refractivity contribution in [3.8, 4) is 0 Å². The minimum absolute atomic E-state index is 0.0228. The Morgan fingerprint density at radius 2 is 1.92 bits per heavy atom. The van der Waals surface area contributed by atoms with Gasteiger partial charge in [-0.05, 0) is 30.7 Å². The first-order valence-corrected chi connectivity index (χ1v) is 10.5. The molecule has 1 amide bonds. The van der Waals surface area contributed by atoms with E-state index in [9.17, 15) is 22.8 Å². The molecule has 1 atom stereocenters. The number of esters is 1. The fraction of sp³-hybridized carbons (Fsp3) is 0.438. The zero-order valence-electron chi connectivity index (χ0n) is 13.7. The first kappa shape index (κ1) is 19.5. The lowest BCUT2D eigenvalue weighted by Gasteiger charge is -2.08. The molecule has 1 fully saturated rings. The van der Waals surface area contributed by atoms with E-state index < -0.39 is 15.8 Å². The van der Waals surface area contributed by atoms with E-state index >= 15 is 0 Å². The number of Topliss-reactive ketones (excluding diaryl/α,β-unsaturated/α-hetero) is 1. The molecule has 7 nitrogen and oxygen atoms in total. The van der Waals surface area contributed by atoms with Gasteiger partial charge >= 0.3 is 5.97 Å². The molecule has 0 aromatic heterocycles. The number of ketones is 1. The van der Waals surface area contributed by atoms with E-state index in [1.807, 2.05) is 0 Å². The SMILES string of the molecule is CC(=O)Nc1ccc(C(=O)COC(=O)CS[C@@H]2CCS(=O)(=O)C2)cc1. The van der Waals surface area contributed by atoms with Gasteiger partial charge in [0.2, 0.25) is 5.91 Å². The Morgan fingerprint density at radius 1 is 1.24 bits per heavy atom. The van der Waals surface area contributed by atoms with E-state index in [2.05, 4.69) is 5.32 Å². The molecule has 0 radical (unpaired) electrons. The number of carbonyl (C=O) groups is 3. The summed E-state index contributed by atoms with van der Waals surface area (Å²) in [6.07, 6.45) is 0.542. The zero-order valence-corrected chi connectivity index (χ0v) is 15.3. The van der Waals surface area contributed by atoms with Crippen molar-refractivity contribution < 1.29 is 27.5 Å². The maximum atomic E-state index is 12.0. The van der Waals surface area contributed by atoms with Gasteiger partial charge in [-0.15, -0.1) is 11.8 Å². The number of hydrogen-bond acceptors (Lipinski definition) is 7. The van der Waals surface area contributed by atoms with Crippen LogP contribution in [0, 0.1) is 0 Å². The van der Waals surface area contributed by atoms with Gasteiger partial charge in [-0.25, -0.2) is 8.42 Å². The number of thioether (sulfide) groups is 1. The van der Waals surface area contributed by atoms with Crippen LogP contribution in [0.5, 0.6) is 0 Å². The summed E-state index contributed by atoms with van der Waals surface area (Å²) in [5.41, 5.74) is 0.945. The molecule has 136 valence electrons. The van der Waals surface area contributed by atoms with E-state index in [0.717, 1.165) is 0 Å². The van der Waals surface area contributed by atoms with Gasteiger partial charge in [0.15, 0.2) is 22.2 Å². The van der Waals surface area contributed by atoms with Gasteiger partial charge in [-0.1, -0.05) is 0 Å². The van der Waals surface area contributed by atoms with Crippen molar-refractivity contribution in [2.24, 2.45) is 0 Å². The second-order valence-electron chi connectivity index (χ2n) is 5.68. The number of sulfone groups is 1. The molecule has 1 saturated heterocycles. The molecule has 2 rings (SSSR count). The maximum absolute atomic E-state index is 12.0. The van der Waals surface area contributed by atoms with Crippen LogP contribution in [0.1, 0.15) is 23.7 Å². The second kappa shape index (κ2) is 8.48. The van der Waals surface area contributed by atoms with Gasteiger partial charge < -0.3 is 10.1 Å². The van der Waals surface area contributed by atoms with Crippen molar-refractivity contribution in [2.45, 2.75) is 18.6 Å². The highest BCUT2D eigenvalue weighted by molar-refractivity contribution is 8.02. The van der Waals surface area contributed by atoms with Gasteiger partial charge in [-0.3, -0.25) is 14.4 Å². The number of nitrogens with one attached hydrogen (secondary N) is 1. The first-order chi connectivity index (χ1) is 11.7. The van der Waals surface area contributed by atoms with Gasteiger partial charge in [0.05, 0.1) is 17.3 Å². The Bertz CT molecular complexity index is 757. The Labute approximate surface area is 150 Å². The molecule has 1 aromatic rings. The molecule has 1 aromatic carbocycles. The third-order valence-corrected chi connectivity index (χ3v) is 6.77. The molecule has 0 unspecified atom stereocenters. The molecule has 1 N–H and O–H groups in total. The first-order valence-electron chi connectivity index (χ1n) is 7.64. The summed E-state index contributed by atoms with van der Waals surface area (Å²) < 4.78 is 27.6.